The van der Waals surface area contributed by atoms with Crippen molar-refractivity contribution < 1.29 is 14.1 Å². The summed E-state index contributed by atoms with van der Waals surface area (Å²) in [6.07, 6.45) is 4.97. The Hall–Kier alpha value is -1.43. The van der Waals surface area contributed by atoms with E-state index in [1.807, 2.05) is 0 Å². The van der Waals surface area contributed by atoms with Crippen LogP contribution in [0.1, 0.15) is 37.4 Å². The highest BCUT2D eigenvalue weighted by molar-refractivity contribution is 5.78. The van der Waals surface area contributed by atoms with Crippen LogP contribution in [-0.2, 0) is 22.6 Å². The van der Waals surface area contributed by atoms with Crippen LogP contribution in [0.15, 0.2) is 4.52 Å². The monoisotopic (exact) mass is 253 g/mol. The van der Waals surface area contributed by atoms with Crippen molar-refractivity contribution in [1.29, 1.82) is 0 Å². The summed E-state index contributed by atoms with van der Waals surface area (Å²) in [5.74, 6) is 1.44. The Morgan fingerprint density at radius 3 is 3.00 bits per heavy atom. The number of hydrogen-bond donors (Lipinski definition) is 1. The summed E-state index contributed by atoms with van der Waals surface area (Å²) in [5, 5.41) is 6.73. The summed E-state index contributed by atoms with van der Waals surface area (Å²) in [7, 11) is 1.58. The van der Waals surface area contributed by atoms with E-state index in [-0.39, 0.29) is 11.8 Å². The molecule has 1 saturated carbocycles. The topological polar surface area (TPSA) is 77.2 Å². The molecule has 0 saturated heterocycles. The van der Waals surface area contributed by atoms with E-state index in [1.165, 1.54) is 12.8 Å². The molecule has 0 radical (unpaired) electrons. The van der Waals surface area contributed by atoms with Crippen LogP contribution < -0.4 is 5.32 Å². The first kappa shape index (κ1) is 13.0. The van der Waals surface area contributed by atoms with Crippen molar-refractivity contribution in [2.75, 3.05) is 13.7 Å². The van der Waals surface area contributed by atoms with Crippen LogP contribution in [0.5, 0.6) is 0 Å². The highest BCUT2D eigenvalue weighted by atomic mass is 16.5. The van der Waals surface area contributed by atoms with E-state index in [2.05, 4.69) is 15.5 Å². The molecule has 18 heavy (non-hydrogen) atoms. The molecule has 1 fully saturated rings. The zero-order valence-corrected chi connectivity index (χ0v) is 10.6. The fraction of sp³-hybridized carbons (Fsp3) is 0.750. The third-order valence-corrected chi connectivity index (χ3v) is 3.15. The van der Waals surface area contributed by atoms with Crippen LogP contribution in [0.25, 0.3) is 0 Å². The second-order valence-electron chi connectivity index (χ2n) is 4.56. The Balaban J connectivity index is 1.69. The molecule has 100 valence electrons. The van der Waals surface area contributed by atoms with Gasteiger partial charge in [-0.05, 0) is 12.8 Å². The Labute approximate surface area is 106 Å². The molecule has 0 aliphatic heterocycles. The lowest BCUT2D eigenvalue weighted by atomic mass is 10.1. The van der Waals surface area contributed by atoms with Gasteiger partial charge in [-0.25, -0.2) is 0 Å². The molecule has 1 N–H and O–H groups in total. The first-order valence-electron chi connectivity index (χ1n) is 6.37. The van der Waals surface area contributed by atoms with Crippen LogP contribution >= 0.6 is 0 Å². The summed E-state index contributed by atoms with van der Waals surface area (Å²) >= 11 is 0. The zero-order chi connectivity index (χ0) is 12.8. The van der Waals surface area contributed by atoms with Crippen LogP contribution in [0, 0.1) is 5.92 Å². The van der Waals surface area contributed by atoms with Crippen LogP contribution in [0.4, 0.5) is 0 Å². The predicted molar refractivity (Wildman–Crippen MR) is 63.7 cm³/mol. The SMILES string of the molecule is COCc1nc(CCNC(=O)C2CCCC2)no1. The van der Waals surface area contributed by atoms with Crippen molar-refractivity contribution >= 4 is 5.91 Å². The van der Waals surface area contributed by atoms with E-state index in [0.717, 1.165) is 12.8 Å². The number of carbonyl (C=O) groups is 1. The molecule has 1 aromatic heterocycles. The average Bonchev–Trinajstić information content (AvgIpc) is 3.00. The maximum Gasteiger partial charge on any atom is 0.252 e. The summed E-state index contributed by atoms with van der Waals surface area (Å²) in [5.41, 5.74) is 0. The lowest BCUT2D eigenvalue weighted by Gasteiger charge is -2.08. The van der Waals surface area contributed by atoms with Crippen LogP contribution in [0.2, 0.25) is 0 Å². The molecule has 2 rings (SSSR count). The van der Waals surface area contributed by atoms with Gasteiger partial charge < -0.3 is 14.6 Å². The Kier molecular flexibility index (Phi) is 4.69. The highest BCUT2D eigenvalue weighted by Crippen LogP contribution is 2.24. The molecule has 0 aromatic carbocycles. The summed E-state index contributed by atoms with van der Waals surface area (Å²) in [6.45, 7) is 0.878. The van der Waals surface area contributed by atoms with Crippen molar-refractivity contribution in [1.82, 2.24) is 15.5 Å². The fourth-order valence-corrected chi connectivity index (χ4v) is 2.20. The lowest BCUT2D eigenvalue weighted by molar-refractivity contribution is -0.124. The minimum absolute atomic E-state index is 0.160. The smallest absolute Gasteiger partial charge is 0.252 e. The van der Waals surface area contributed by atoms with Gasteiger partial charge in [0.1, 0.15) is 6.61 Å². The van der Waals surface area contributed by atoms with Crippen LogP contribution in [0.3, 0.4) is 0 Å². The molecule has 0 spiro atoms. The quantitative estimate of drug-likeness (QED) is 0.820. The molecule has 1 amide bonds. The van der Waals surface area contributed by atoms with E-state index >= 15 is 0 Å². The second kappa shape index (κ2) is 6.49. The minimum Gasteiger partial charge on any atom is -0.375 e. The standard InChI is InChI=1S/C12H19N3O3/c1-17-8-11-14-10(15-18-11)6-7-13-12(16)9-4-2-3-5-9/h9H,2-8H2,1H3,(H,13,16). The molecular formula is C12H19N3O3. The van der Waals surface area contributed by atoms with Crippen molar-refractivity contribution in [3.63, 3.8) is 0 Å². The van der Waals surface area contributed by atoms with Crippen molar-refractivity contribution in [2.24, 2.45) is 5.92 Å². The zero-order valence-electron chi connectivity index (χ0n) is 10.6. The first-order chi connectivity index (χ1) is 8.79. The van der Waals surface area contributed by atoms with E-state index in [0.29, 0.717) is 31.3 Å². The van der Waals surface area contributed by atoms with Gasteiger partial charge in [0.25, 0.3) is 5.89 Å². The van der Waals surface area contributed by atoms with Gasteiger partial charge in [0.15, 0.2) is 5.82 Å². The maximum absolute atomic E-state index is 11.7. The lowest BCUT2D eigenvalue weighted by Crippen LogP contribution is -2.31. The summed E-state index contributed by atoms with van der Waals surface area (Å²) in [6, 6.07) is 0. The number of methoxy groups -OCH3 is 1. The largest absolute Gasteiger partial charge is 0.375 e. The normalized spacial score (nSPS) is 16.1. The average molecular weight is 253 g/mol. The number of nitrogens with zero attached hydrogens (tertiary/aromatic N) is 2. The number of rotatable bonds is 6. The Bertz CT molecular complexity index is 386. The molecule has 1 aromatic rings. The molecule has 6 nitrogen and oxygen atoms in total. The number of aromatic nitrogens is 2. The fourth-order valence-electron chi connectivity index (χ4n) is 2.20. The second-order valence-corrected chi connectivity index (χ2v) is 4.56. The first-order valence-corrected chi connectivity index (χ1v) is 6.37. The number of carbonyl (C=O) groups excluding carboxylic acids is 1. The molecule has 1 aliphatic carbocycles. The van der Waals surface area contributed by atoms with Crippen molar-refractivity contribution in [3.8, 4) is 0 Å². The third kappa shape index (κ3) is 3.53. The number of nitrogens with one attached hydrogen (secondary N) is 1. The Morgan fingerprint density at radius 1 is 1.50 bits per heavy atom. The summed E-state index contributed by atoms with van der Waals surface area (Å²) in [4.78, 5) is 15.9. The van der Waals surface area contributed by atoms with E-state index in [4.69, 9.17) is 9.26 Å². The van der Waals surface area contributed by atoms with Gasteiger partial charge in [0.2, 0.25) is 5.91 Å². The van der Waals surface area contributed by atoms with Gasteiger partial charge in [-0.2, -0.15) is 4.98 Å². The molecular weight excluding hydrogens is 234 g/mol. The van der Waals surface area contributed by atoms with Gasteiger partial charge in [-0.3, -0.25) is 4.79 Å². The molecule has 6 heteroatoms. The molecule has 0 atom stereocenters. The van der Waals surface area contributed by atoms with Gasteiger partial charge >= 0.3 is 0 Å². The molecule has 1 heterocycles. The van der Waals surface area contributed by atoms with Gasteiger partial charge in [-0.1, -0.05) is 18.0 Å². The Morgan fingerprint density at radius 2 is 2.28 bits per heavy atom. The maximum atomic E-state index is 11.7. The highest BCUT2D eigenvalue weighted by Gasteiger charge is 2.22. The predicted octanol–water partition coefficient (Wildman–Crippen LogP) is 1.06. The van der Waals surface area contributed by atoms with Crippen LogP contribution in [-0.4, -0.2) is 29.7 Å². The van der Waals surface area contributed by atoms with Crippen molar-refractivity contribution in [3.05, 3.63) is 11.7 Å². The van der Waals surface area contributed by atoms with E-state index in [1.54, 1.807) is 7.11 Å². The number of amides is 1. The van der Waals surface area contributed by atoms with Crippen molar-refractivity contribution in [2.45, 2.75) is 38.7 Å². The van der Waals surface area contributed by atoms with Gasteiger partial charge in [0, 0.05) is 26.0 Å². The minimum atomic E-state index is 0.160. The molecule has 0 bridgehead atoms. The molecule has 1 aliphatic rings. The third-order valence-electron chi connectivity index (χ3n) is 3.15. The van der Waals surface area contributed by atoms with Gasteiger partial charge in [-0.15, -0.1) is 0 Å². The number of ether oxygens (including phenoxy) is 1. The molecule has 0 unspecified atom stereocenters. The number of hydrogen-bond acceptors (Lipinski definition) is 5. The summed E-state index contributed by atoms with van der Waals surface area (Å²) < 4.78 is 9.85. The van der Waals surface area contributed by atoms with E-state index < -0.39 is 0 Å². The van der Waals surface area contributed by atoms with E-state index in [9.17, 15) is 4.79 Å². The van der Waals surface area contributed by atoms with Gasteiger partial charge in [0.05, 0.1) is 0 Å².